The molecule has 1 heterocycles. The molecule has 0 spiro atoms. The van der Waals surface area contributed by atoms with Crippen LogP contribution in [0.3, 0.4) is 0 Å². The highest BCUT2D eigenvalue weighted by molar-refractivity contribution is 5.96. The number of rotatable bonds is 6. The third-order valence-corrected chi connectivity index (χ3v) is 3.99. The molecule has 0 aliphatic carbocycles. The number of amides is 1. The number of nitrogens with zero attached hydrogens (tertiary/aromatic N) is 2. The van der Waals surface area contributed by atoms with Crippen LogP contribution in [0, 0.1) is 0 Å². The van der Waals surface area contributed by atoms with Gasteiger partial charge in [-0.15, -0.1) is 0 Å². The van der Waals surface area contributed by atoms with Gasteiger partial charge in [-0.05, 0) is 24.1 Å². The molecule has 0 fully saturated rings. The Morgan fingerprint density at radius 2 is 1.92 bits per heavy atom. The van der Waals surface area contributed by atoms with Crippen LogP contribution in [0.1, 0.15) is 16.1 Å². The van der Waals surface area contributed by atoms with Gasteiger partial charge < -0.3 is 16.4 Å². The predicted octanol–water partition coefficient (Wildman–Crippen LogP) is 2.74. The van der Waals surface area contributed by atoms with Crippen molar-refractivity contribution in [3.8, 4) is 11.3 Å². The maximum absolute atomic E-state index is 11.9. The van der Waals surface area contributed by atoms with Crippen LogP contribution in [0.15, 0.2) is 60.8 Å². The van der Waals surface area contributed by atoms with Gasteiger partial charge >= 0.3 is 0 Å². The molecule has 0 unspecified atom stereocenters. The average Bonchev–Trinajstić information content (AvgIpc) is 2.69. The van der Waals surface area contributed by atoms with E-state index in [1.165, 1.54) is 12.6 Å². The molecule has 6 heteroatoms. The van der Waals surface area contributed by atoms with Gasteiger partial charge in [-0.25, -0.2) is 9.97 Å². The summed E-state index contributed by atoms with van der Waals surface area (Å²) in [6.45, 7) is 0.824. The van der Waals surface area contributed by atoms with Gasteiger partial charge in [-0.1, -0.05) is 42.5 Å². The lowest BCUT2D eigenvalue weighted by atomic mass is 10.1. The summed E-state index contributed by atoms with van der Waals surface area (Å²) < 4.78 is 0. The first-order chi connectivity index (χ1) is 12.7. The molecular weight excluding hydrogens is 326 g/mol. The number of hydrogen-bond acceptors (Lipinski definition) is 5. The van der Waals surface area contributed by atoms with Gasteiger partial charge in [0.25, 0.3) is 5.91 Å². The van der Waals surface area contributed by atoms with E-state index in [4.69, 9.17) is 5.73 Å². The van der Waals surface area contributed by atoms with Crippen molar-refractivity contribution in [2.45, 2.75) is 6.42 Å². The molecule has 0 bridgehead atoms. The highest BCUT2D eigenvalue weighted by atomic mass is 16.1. The summed E-state index contributed by atoms with van der Waals surface area (Å²) in [5, 5.41) is 5.93. The van der Waals surface area contributed by atoms with E-state index in [0.717, 1.165) is 24.2 Å². The topological polar surface area (TPSA) is 92.9 Å². The highest BCUT2D eigenvalue weighted by Gasteiger charge is 2.13. The molecule has 26 heavy (non-hydrogen) atoms. The molecule has 0 aliphatic rings. The Balaban J connectivity index is 1.74. The van der Waals surface area contributed by atoms with E-state index in [1.54, 1.807) is 6.20 Å². The molecule has 4 N–H and O–H groups in total. The van der Waals surface area contributed by atoms with Crippen molar-refractivity contribution in [3.63, 3.8) is 0 Å². The standard InChI is InChI=1S/C20H21N5O/c1-22-20(26)18-19(21)24-13-17(25-18)15-8-5-9-16(12-15)23-11-10-14-6-3-2-4-7-14/h2-9,12-13,23H,10-11H2,1H3,(H2,21,24)(H,22,26). The molecule has 1 amide bonds. The second-order valence-corrected chi connectivity index (χ2v) is 5.81. The average molecular weight is 347 g/mol. The highest BCUT2D eigenvalue weighted by Crippen LogP contribution is 2.22. The second-order valence-electron chi connectivity index (χ2n) is 5.81. The molecule has 0 atom stereocenters. The summed E-state index contributed by atoms with van der Waals surface area (Å²) in [7, 11) is 1.54. The maximum Gasteiger partial charge on any atom is 0.273 e. The Labute approximate surface area is 152 Å². The minimum Gasteiger partial charge on any atom is -0.385 e. The predicted molar refractivity (Wildman–Crippen MR) is 104 cm³/mol. The van der Waals surface area contributed by atoms with Crippen molar-refractivity contribution >= 4 is 17.4 Å². The van der Waals surface area contributed by atoms with Crippen molar-refractivity contribution in [1.82, 2.24) is 15.3 Å². The number of benzene rings is 2. The molecule has 2 aromatic carbocycles. The molecule has 3 rings (SSSR count). The molecular formula is C20H21N5O. The summed E-state index contributed by atoms with van der Waals surface area (Å²) in [5.41, 5.74) is 9.62. The second kappa shape index (κ2) is 8.11. The zero-order valence-corrected chi connectivity index (χ0v) is 14.6. The van der Waals surface area contributed by atoms with Crippen molar-refractivity contribution < 1.29 is 4.79 Å². The minimum atomic E-state index is -0.353. The van der Waals surface area contributed by atoms with E-state index in [-0.39, 0.29) is 17.4 Å². The number of nitrogens with two attached hydrogens (primary N) is 1. The molecule has 1 aromatic heterocycles. The fraction of sp³-hybridized carbons (Fsp3) is 0.150. The number of aromatic nitrogens is 2. The van der Waals surface area contributed by atoms with E-state index in [2.05, 4.69) is 32.7 Å². The lowest BCUT2D eigenvalue weighted by molar-refractivity contribution is 0.0959. The van der Waals surface area contributed by atoms with Crippen LogP contribution >= 0.6 is 0 Å². The largest absolute Gasteiger partial charge is 0.385 e. The van der Waals surface area contributed by atoms with Crippen LogP contribution in [0.5, 0.6) is 0 Å². The first-order valence-corrected chi connectivity index (χ1v) is 8.40. The number of nitrogens with one attached hydrogen (secondary N) is 2. The number of hydrogen-bond donors (Lipinski definition) is 3. The zero-order chi connectivity index (χ0) is 18.4. The van der Waals surface area contributed by atoms with Gasteiger partial charge in [-0.2, -0.15) is 0 Å². The van der Waals surface area contributed by atoms with Gasteiger partial charge in [0.1, 0.15) is 0 Å². The number of carbonyl (C=O) groups is 1. The third-order valence-electron chi connectivity index (χ3n) is 3.99. The number of anilines is 2. The Morgan fingerprint density at radius 1 is 1.12 bits per heavy atom. The van der Waals surface area contributed by atoms with Crippen molar-refractivity contribution in [2.75, 3.05) is 24.6 Å². The van der Waals surface area contributed by atoms with Crippen LogP contribution in [0.25, 0.3) is 11.3 Å². The third kappa shape index (κ3) is 4.16. The monoisotopic (exact) mass is 347 g/mol. The maximum atomic E-state index is 11.9. The van der Waals surface area contributed by atoms with Crippen LogP contribution in [0.2, 0.25) is 0 Å². The Kier molecular flexibility index (Phi) is 5.43. The zero-order valence-electron chi connectivity index (χ0n) is 14.6. The van der Waals surface area contributed by atoms with E-state index in [9.17, 15) is 4.79 Å². The molecule has 0 saturated heterocycles. The van der Waals surface area contributed by atoms with Gasteiger partial charge in [-0.3, -0.25) is 4.79 Å². The summed E-state index contributed by atoms with van der Waals surface area (Å²) in [6.07, 6.45) is 2.51. The molecule has 3 aromatic rings. The van der Waals surface area contributed by atoms with E-state index in [0.29, 0.717) is 5.69 Å². The lowest BCUT2D eigenvalue weighted by Gasteiger charge is -2.10. The Hall–Kier alpha value is -3.41. The van der Waals surface area contributed by atoms with Gasteiger partial charge in [0.15, 0.2) is 11.5 Å². The quantitative estimate of drug-likeness (QED) is 0.637. The van der Waals surface area contributed by atoms with E-state index >= 15 is 0 Å². The van der Waals surface area contributed by atoms with Gasteiger partial charge in [0.2, 0.25) is 0 Å². The SMILES string of the molecule is CNC(=O)c1nc(-c2cccc(NCCc3ccccc3)c2)cnc1N. The molecule has 0 radical (unpaired) electrons. The smallest absolute Gasteiger partial charge is 0.273 e. The molecule has 6 nitrogen and oxygen atoms in total. The summed E-state index contributed by atoms with van der Waals surface area (Å²) in [5.74, 6) is -0.237. The van der Waals surface area contributed by atoms with Gasteiger partial charge in [0.05, 0.1) is 11.9 Å². The summed E-state index contributed by atoms with van der Waals surface area (Å²) in [6, 6.07) is 18.2. The van der Waals surface area contributed by atoms with Crippen molar-refractivity contribution in [2.24, 2.45) is 0 Å². The molecule has 0 aliphatic heterocycles. The normalized spacial score (nSPS) is 10.3. The lowest BCUT2D eigenvalue weighted by Crippen LogP contribution is -2.21. The van der Waals surface area contributed by atoms with Crippen LogP contribution in [-0.4, -0.2) is 29.5 Å². The first-order valence-electron chi connectivity index (χ1n) is 8.40. The summed E-state index contributed by atoms with van der Waals surface area (Å²) >= 11 is 0. The van der Waals surface area contributed by atoms with Gasteiger partial charge in [0, 0.05) is 24.8 Å². The number of carbonyl (C=O) groups excluding carboxylic acids is 1. The van der Waals surface area contributed by atoms with E-state index < -0.39 is 0 Å². The van der Waals surface area contributed by atoms with Crippen LogP contribution < -0.4 is 16.4 Å². The molecule has 132 valence electrons. The minimum absolute atomic E-state index is 0.116. The van der Waals surface area contributed by atoms with Crippen LogP contribution in [-0.2, 0) is 6.42 Å². The summed E-state index contributed by atoms with van der Waals surface area (Å²) in [4.78, 5) is 20.3. The fourth-order valence-electron chi connectivity index (χ4n) is 2.61. The first kappa shape index (κ1) is 17.4. The number of nitrogen functional groups attached to an aromatic ring is 1. The Bertz CT molecular complexity index is 896. The fourth-order valence-corrected chi connectivity index (χ4v) is 2.61. The molecule has 0 saturated carbocycles. The van der Waals surface area contributed by atoms with E-state index in [1.807, 2.05) is 42.5 Å². The van der Waals surface area contributed by atoms with Crippen molar-refractivity contribution in [3.05, 3.63) is 72.1 Å². The van der Waals surface area contributed by atoms with Crippen molar-refractivity contribution in [1.29, 1.82) is 0 Å². The van der Waals surface area contributed by atoms with Crippen LogP contribution in [0.4, 0.5) is 11.5 Å². The Morgan fingerprint density at radius 3 is 2.69 bits per heavy atom.